The number of Topliss-reactive ketones (excluding diaryl/α,β-unsaturated/α-hetero) is 1. The van der Waals surface area contributed by atoms with E-state index in [0.717, 1.165) is 64.1 Å². The Hall–Kier alpha value is -2.82. The number of ketones is 1. The predicted octanol–water partition coefficient (Wildman–Crippen LogP) is 1.02. The largest absolute Gasteiger partial charge is 0.379 e. The Balaban J connectivity index is 2.67. The van der Waals surface area contributed by atoms with Crippen molar-refractivity contribution in [1.82, 2.24) is 30.2 Å². The highest BCUT2D eigenvalue weighted by Crippen LogP contribution is 2.11. The summed E-state index contributed by atoms with van der Waals surface area (Å²) >= 11 is 0. The van der Waals surface area contributed by atoms with E-state index in [1.807, 2.05) is 6.92 Å². The zero-order chi connectivity index (χ0) is 28.5. The second kappa shape index (κ2) is 18.4. The minimum Gasteiger partial charge on any atom is -0.379 e. The maximum Gasteiger partial charge on any atom is 0.251 e. The summed E-state index contributed by atoms with van der Waals surface area (Å²) in [4.78, 5) is 55.1. The van der Waals surface area contributed by atoms with Gasteiger partial charge in [-0.15, -0.1) is 0 Å². The van der Waals surface area contributed by atoms with Gasteiger partial charge in [0.05, 0.1) is 19.6 Å². The third-order valence-electron chi connectivity index (χ3n) is 6.48. The van der Waals surface area contributed by atoms with Crippen LogP contribution in [0.2, 0.25) is 0 Å². The molecule has 1 rings (SSSR count). The van der Waals surface area contributed by atoms with Gasteiger partial charge in [-0.2, -0.15) is 0 Å². The molecule has 214 valence electrons. The molecule has 2 amide bonds. The summed E-state index contributed by atoms with van der Waals surface area (Å²) in [6.45, 7) is 22.1. The molecule has 0 saturated heterocycles. The number of hydrogen-bond donors (Lipinski definition) is 2. The third kappa shape index (κ3) is 12.6. The third-order valence-corrected chi connectivity index (χ3v) is 6.48. The fourth-order valence-corrected chi connectivity index (χ4v) is 4.33. The molecule has 0 aliphatic carbocycles. The van der Waals surface area contributed by atoms with Crippen molar-refractivity contribution >= 4 is 23.9 Å². The van der Waals surface area contributed by atoms with E-state index in [4.69, 9.17) is 0 Å². The summed E-state index contributed by atoms with van der Waals surface area (Å²) in [7, 11) is 0. The van der Waals surface area contributed by atoms with Crippen LogP contribution in [0.5, 0.6) is 0 Å². The number of carbonyl (C=O) groups excluding carboxylic acids is 4. The van der Waals surface area contributed by atoms with Gasteiger partial charge in [-0.1, -0.05) is 27.0 Å². The summed E-state index contributed by atoms with van der Waals surface area (Å²) in [5.74, 6) is -0.174. The molecule has 1 unspecified atom stereocenters. The molecule has 0 aromatic heterocycles. The highest BCUT2D eigenvalue weighted by atomic mass is 16.2. The molecular weight excluding hydrogens is 484 g/mol. The Labute approximate surface area is 228 Å². The number of aldehydes is 1. The van der Waals surface area contributed by atoms with Gasteiger partial charge in [0, 0.05) is 62.8 Å². The van der Waals surface area contributed by atoms with Crippen LogP contribution in [0.1, 0.15) is 40.5 Å². The molecule has 0 aromatic carbocycles. The van der Waals surface area contributed by atoms with Crippen molar-refractivity contribution in [2.45, 2.75) is 46.6 Å². The first-order valence-corrected chi connectivity index (χ1v) is 13.6. The molecule has 1 heterocycles. The first-order chi connectivity index (χ1) is 18.1. The van der Waals surface area contributed by atoms with Gasteiger partial charge in [-0.3, -0.25) is 29.1 Å². The summed E-state index contributed by atoms with van der Waals surface area (Å²) in [6.07, 6.45) is 5.98. The van der Waals surface area contributed by atoms with Crippen LogP contribution in [-0.2, 0) is 19.2 Å². The number of nitrogens with zero attached hydrogens (tertiary/aromatic N) is 4. The Morgan fingerprint density at radius 3 is 2.21 bits per heavy atom. The van der Waals surface area contributed by atoms with Crippen LogP contribution in [-0.4, -0.2) is 122 Å². The minimum absolute atomic E-state index is 0.0695. The van der Waals surface area contributed by atoms with Crippen molar-refractivity contribution in [1.29, 1.82) is 0 Å². The Morgan fingerprint density at radius 1 is 1.03 bits per heavy atom. The average Bonchev–Trinajstić information content (AvgIpc) is 3.19. The molecular formula is C28H48N6O4. The lowest BCUT2D eigenvalue weighted by Crippen LogP contribution is -2.48. The normalized spacial score (nSPS) is 14.0. The van der Waals surface area contributed by atoms with Crippen LogP contribution in [0.15, 0.2) is 36.7 Å². The smallest absolute Gasteiger partial charge is 0.251 e. The van der Waals surface area contributed by atoms with Gasteiger partial charge >= 0.3 is 0 Å². The van der Waals surface area contributed by atoms with Gasteiger partial charge in [0.2, 0.25) is 5.91 Å². The van der Waals surface area contributed by atoms with Crippen LogP contribution < -0.4 is 10.6 Å². The van der Waals surface area contributed by atoms with Crippen LogP contribution in [0, 0.1) is 0 Å². The molecule has 1 aliphatic rings. The van der Waals surface area contributed by atoms with E-state index in [-0.39, 0.29) is 30.2 Å². The fraction of sp³-hybridized carbons (Fsp3) is 0.643. The van der Waals surface area contributed by atoms with Crippen molar-refractivity contribution in [3.05, 3.63) is 36.7 Å². The van der Waals surface area contributed by atoms with E-state index in [1.165, 1.54) is 11.0 Å². The summed E-state index contributed by atoms with van der Waals surface area (Å²) < 4.78 is 0. The Bertz CT molecular complexity index is 825. The molecule has 0 radical (unpaired) electrons. The van der Waals surface area contributed by atoms with E-state index >= 15 is 0 Å². The highest BCUT2D eigenvalue weighted by molar-refractivity contribution is 5.93. The quantitative estimate of drug-likeness (QED) is 0.199. The molecule has 1 aliphatic heterocycles. The molecule has 0 aromatic rings. The maximum atomic E-state index is 12.4. The van der Waals surface area contributed by atoms with Crippen LogP contribution in [0.25, 0.3) is 0 Å². The van der Waals surface area contributed by atoms with Gasteiger partial charge < -0.3 is 20.3 Å². The van der Waals surface area contributed by atoms with Crippen LogP contribution in [0.4, 0.5) is 0 Å². The molecule has 38 heavy (non-hydrogen) atoms. The first kappa shape index (κ1) is 33.2. The fourth-order valence-electron chi connectivity index (χ4n) is 4.33. The van der Waals surface area contributed by atoms with Crippen molar-refractivity contribution in [2.24, 2.45) is 0 Å². The second-order valence-corrected chi connectivity index (χ2v) is 9.70. The highest BCUT2D eigenvalue weighted by Gasteiger charge is 2.21. The topological polar surface area (TPSA) is 105 Å². The number of nitrogens with one attached hydrogen (secondary N) is 2. The minimum atomic E-state index is -0.189. The summed E-state index contributed by atoms with van der Waals surface area (Å²) in [5, 5.41) is 5.96. The molecule has 0 saturated carbocycles. The van der Waals surface area contributed by atoms with Crippen LogP contribution >= 0.6 is 0 Å². The zero-order valence-electron chi connectivity index (χ0n) is 23.8. The predicted molar refractivity (Wildman–Crippen MR) is 151 cm³/mol. The van der Waals surface area contributed by atoms with Gasteiger partial charge in [-0.25, -0.2) is 0 Å². The van der Waals surface area contributed by atoms with Gasteiger partial charge in [-0.05, 0) is 45.9 Å². The number of allylic oxidation sites excluding steroid dienone is 1. The molecule has 0 fully saturated rings. The van der Waals surface area contributed by atoms with E-state index < -0.39 is 0 Å². The summed E-state index contributed by atoms with van der Waals surface area (Å²) in [5.41, 5.74) is 1.34. The first-order valence-electron chi connectivity index (χ1n) is 13.6. The van der Waals surface area contributed by atoms with E-state index in [2.05, 4.69) is 52.3 Å². The van der Waals surface area contributed by atoms with Gasteiger partial charge in [0.25, 0.3) is 5.91 Å². The lowest BCUT2D eigenvalue weighted by Gasteiger charge is -2.34. The summed E-state index contributed by atoms with van der Waals surface area (Å²) in [6, 6.07) is -0.0695. The Morgan fingerprint density at radius 2 is 1.66 bits per heavy atom. The second-order valence-electron chi connectivity index (χ2n) is 9.70. The van der Waals surface area contributed by atoms with Crippen molar-refractivity contribution < 1.29 is 19.2 Å². The molecule has 0 bridgehead atoms. The number of hydrogen-bond acceptors (Lipinski definition) is 8. The number of rotatable bonds is 22. The van der Waals surface area contributed by atoms with E-state index in [1.54, 1.807) is 13.0 Å². The lowest BCUT2D eigenvalue weighted by molar-refractivity contribution is -0.124. The molecule has 2 N–H and O–H groups in total. The van der Waals surface area contributed by atoms with Crippen molar-refractivity contribution in [3.63, 3.8) is 0 Å². The molecule has 0 spiro atoms. The molecule has 1 atom stereocenters. The van der Waals surface area contributed by atoms with Crippen LogP contribution in [0.3, 0.4) is 0 Å². The maximum absolute atomic E-state index is 12.4. The van der Waals surface area contributed by atoms with E-state index in [9.17, 15) is 19.2 Å². The van der Waals surface area contributed by atoms with Gasteiger partial charge in [0.15, 0.2) is 0 Å². The SMILES string of the molecule is C=C(NCC(=O)NCCN1C(=C)C=CC1=O)C(C)N(CCN(CC=O)CCC)CCN(CCC)CC(C)=O. The van der Waals surface area contributed by atoms with E-state index in [0.29, 0.717) is 31.9 Å². The standard InChI is InChI=1S/C28H48N6O4/c1-7-12-31(19-20-35)15-17-33(18-16-32(13-8-2)22-24(4)36)26(6)25(5)30-21-27(37)29-11-14-34-23(3)9-10-28(34)38/h9-10,20,26,30H,3,5,7-8,11-19,21-22H2,1-2,4,6H3,(H,29,37). The van der Waals surface area contributed by atoms with Crippen molar-refractivity contribution in [3.8, 4) is 0 Å². The average molecular weight is 533 g/mol. The number of carbonyl (C=O) groups is 4. The molecule has 10 heteroatoms. The van der Waals surface area contributed by atoms with Crippen molar-refractivity contribution in [2.75, 3.05) is 72.0 Å². The monoisotopic (exact) mass is 532 g/mol. The number of amides is 2. The molecule has 10 nitrogen and oxygen atoms in total. The Kier molecular flexibility index (Phi) is 16.1. The zero-order valence-corrected chi connectivity index (χ0v) is 23.8. The van der Waals surface area contributed by atoms with Gasteiger partial charge in [0.1, 0.15) is 12.1 Å². The lowest BCUT2D eigenvalue weighted by atomic mass is 10.2.